The highest BCUT2D eigenvalue weighted by Gasteiger charge is 2.40. The van der Waals surface area contributed by atoms with Gasteiger partial charge in [0.1, 0.15) is 11.5 Å². The fourth-order valence-corrected chi connectivity index (χ4v) is 3.57. The van der Waals surface area contributed by atoms with Crippen molar-refractivity contribution in [2.75, 3.05) is 19.5 Å². The minimum atomic E-state index is -0.812. The third-order valence-electron chi connectivity index (χ3n) is 5.11. The lowest BCUT2D eigenvalue weighted by molar-refractivity contribution is -0.120. The highest BCUT2D eigenvalue weighted by atomic mass is 16.5. The van der Waals surface area contributed by atoms with Gasteiger partial charge in [0.25, 0.3) is 0 Å². The lowest BCUT2D eigenvalue weighted by Crippen LogP contribution is -2.41. The van der Waals surface area contributed by atoms with Crippen LogP contribution in [-0.2, 0) is 10.2 Å². The zero-order valence-corrected chi connectivity index (χ0v) is 16.4. The van der Waals surface area contributed by atoms with Crippen molar-refractivity contribution in [1.29, 1.82) is 0 Å². The number of amides is 1. The largest absolute Gasteiger partial charge is 0.497 e. The smallest absolute Gasteiger partial charge is 0.239 e. The van der Waals surface area contributed by atoms with Crippen LogP contribution in [-0.4, -0.2) is 20.1 Å². The van der Waals surface area contributed by atoms with Crippen molar-refractivity contribution < 1.29 is 14.3 Å². The molecule has 3 aromatic carbocycles. The molecular formula is C24H25NO3. The number of nitrogens with one attached hydrogen (secondary N) is 1. The fourth-order valence-electron chi connectivity index (χ4n) is 3.57. The van der Waals surface area contributed by atoms with Gasteiger partial charge in [0, 0.05) is 6.07 Å². The van der Waals surface area contributed by atoms with Gasteiger partial charge in [0.2, 0.25) is 5.91 Å². The Morgan fingerprint density at radius 3 is 1.89 bits per heavy atom. The first-order valence-electron chi connectivity index (χ1n) is 9.30. The SMILES string of the molecule is CCC(C(=O)Nc1ccc(OC)cc1OC)(c1ccccc1)c1ccccc1. The van der Waals surface area contributed by atoms with Crippen LogP contribution in [0, 0.1) is 0 Å². The van der Waals surface area contributed by atoms with Crippen LogP contribution in [0.1, 0.15) is 24.5 Å². The minimum Gasteiger partial charge on any atom is -0.497 e. The van der Waals surface area contributed by atoms with E-state index in [1.807, 2.05) is 67.6 Å². The fraction of sp³-hybridized carbons (Fsp3) is 0.208. The Hall–Kier alpha value is -3.27. The standard InChI is InChI=1S/C24H25NO3/c1-4-24(18-11-7-5-8-12-18,19-13-9-6-10-14-19)23(26)25-21-16-15-20(27-2)17-22(21)28-3/h5-17H,4H2,1-3H3,(H,25,26). The monoisotopic (exact) mass is 375 g/mol. The number of anilines is 1. The normalized spacial score (nSPS) is 11.0. The maximum Gasteiger partial charge on any atom is 0.239 e. The molecule has 144 valence electrons. The molecule has 0 unspecified atom stereocenters. The van der Waals surface area contributed by atoms with Crippen LogP contribution in [0.15, 0.2) is 78.9 Å². The summed E-state index contributed by atoms with van der Waals surface area (Å²) in [5.74, 6) is 1.12. The summed E-state index contributed by atoms with van der Waals surface area (Å²) in [5.41, 5.74) is 1.70. The molecule has 3 rings (SSSR count). The van der Waals surface area contributed by atoms with Crippen LogP contribution in [0.25, 0.3) is 0 Å². The Kier molecular flexibility index (Phi) is 5.99. The van der Waals surface area contributed by atoms with Crippen molar-refractivity contribution in [2.24, 2.45) is 0 Å². The van der Waals surface area contributed by atoms with Gasteiger partial charge >= 0.3 is 0 Å². The molecule has 0 heterocycles. The molecule has 0 aliphatic heterocycles. The molecule has 0 radical (unpaired) electrons. The third-order valence-corrected chi connectivity index (χ3v) is 5.11. The van der Waals surface area contributed by atoms with E-state index in [-0.39, 0.29) is 5.91 Å². The molecule has 0 saturated carbocycles. The number of carbonyl (C=O) groups is 1. The third kappa shape index (κ3) is 3.58. The molecule has 0 aromatic heterocycles. The second kappa shape index (κ2) is 8.61. The number of benzene rings is 3. The molecular weight excluding hydrogens is 350 g/mol. The first-order valence-corrected chi connectivity index (χ1v) is 9.30. The van der Waals surface area contributed by atoms with Crippen molar-refractivity contribution in [3.8, 4) is 11.5 Å². The molecule has 0 aliphatic carbocycles. The van der Waals surface area contributed by atoms with Gasteiger partial charge in [-0.1, -0.05) is 67.6 Å². The molecule has 0 atom stereocenters. The summed E-state index contributed by atoms with van der Waals surface area (Å²) in [6, 6.07) is 25.1. The molecule has 0 aliphatic rings. The predicted molar refractivity (Wildman–Crippen MR) is 112 cm³/mol. The van der Waals surface area contributed by atoms with E-state index in [1.54, 1.807) is 32.4 Å². The van der Waals surface area contributed by atoms with Crippen LogP contribution < -0.4 is 14.8 Å². The average Bonchev–Trinajstić information content (AvgIpc) is 2.76. The molecule has 1 amide bonds. The van der Waals surface area contributed by atoms with E-state index in [9.17, 15) is 4.79 Å². The summed E-state index contributed by atoms with van der Waals surface area (Å²) in [6.45, 7) is 2.03. The van der Waals surface area contributed by atoms with Crippen molar-refractivity contribution in [3.63, 3.8) is 0 Å². The Labute approximate surface area is 166 Å². The van der Waals surface area contributed by atoms with Crippen molar-refractivity contribution >= 4 is 11.6 Å². The number of hydrogen-bond acceptors (Lipinski definition) is 3. The Morgan fingerprint density at radius 2 is 1.43 bits per heavy atom. The number of hydrogen-bond donors (Lipinski definition) is 1. The molecule has 28 heavy (non-hydrogen) atoms. The quantitative estimate of drug-likeness (QED) is 0.629. The molecule has 0 spiro atoms. The highest BCUT2D eigenvalue weighted by molar-refractivity contribution is 6.02. The van der Waals surface area contributed by atoms with Crippen molar-refractivity contribution in [3.05, 3.63) is 90.0 Å². The summed E-state index contributed by atoms with van der Waals surface area (Å²) in [4.78, 5) is 13.7. The number of carbonyl (C=O) groups excluding carboxylic acids is 1. The van der Waals surface area contributed by atoms with Gasteiger partial charge in [-0.2, -0.15) is 0 Å². The van der Waals surface area contributed by atoms with Crippen LogP contribution >= 0.6 is 0 Å². The first-order chi connectivity index (χ1) is 13.7. The second-order valence-electron chi connectivity index (χ2n) is 6.51. The van der Waals surface area contributed by atoms with E-state index >= 15 is 0 Å². The molecule has 3 aromatic rings. The summed E-state index contributed by atoms with van der Waals surface area (Å²) in [6.07, 6.45) is 0.616. The van der Waals surface area contributed by atoms with E-state index in [1.165, 1.54) is 0 Å². The average molecular weight is 375 g/mol. The van der Waals surface area contributed by atoms with Gasteiger partial charge in [0.15, 0.2) is 0 Å². The Bertz CT molecular complexity index is 884. The van der Waals surface area contributed by atoms with Crippen LogP contribution in [0.5, 0.6) is 11.5 Å². The Morgan fingerprint density at radius 1 is 0.857 bits per heavy atom. The van der Waals surface area contributed by atoms with E-state index in [4.69, 9.17) is 9.47 Å². The number of methoxy groups -OCH3 is 2. The molecule has 0 saturated heterocycles. The zero-order valence-electron chi connectivity index (χ0n) is 16.4. The Balaban J connectivity index is 2.08. The molecule has 1 N–H and O–H groups in total. The maximum atomic E-state index is 13.7. The van der Waals surface area contributed by atoms with Crippen LogP contribution in [0.3, 0.4) is 0 Å². The van der Waals surface area contributed by atoms with Gasteiger partial charge in [-0.3, -0.25) is 4.79 Å². The minimum absolute atomic E-state index is 0.101. The summed E-state index contributed by atoms with van der Waals surface area (Å²) < 4.78 is 10.7. The second-order valence-corrected chi connectivity index (χ2v) is 6.51. The van der Waals surface area contributed by atoms with Crippen molar-refractivity contribution in [1.82, 2.24) is 0 Å². The van der Waals surface area contributed by atoms with Crippen molar-refractivity contribution in [2.45, 2.75) is 18.8 Å². The van der Waals surface area contributed by atoms with Gasteiger partial charge < -0.3 is 14.8 Å². The maximum absolute atomic E-state index is 13.7. The van der Waals surface area contributed by atoms with Gasteiger partial charge in [-0.25, -0.2) is 0 Å². The van der Waals surface area contributed by atoms with E-state index in [0.29, 0.717) is 23.6 Å². The van der Waals surface area contributed by atoms with E-state index in [2.05, 4.69) is 5.32 Å². The van der Waals surface area contributed by atoms with E-state index in [0.717, 1.165) is 11.1 Å². The zero-order chi connectivity index (χ0) is 20.0. The lowest BCUT2D eigenvalue weighted by Gasteiger charge is -2.33. The highest BCUT2D eigenvalue weighted by Crippen LogP contribution is 2.38. The van der Waals surface area contributed by atoms with Crippen LogP contribution in [0.4, 0.5) is 5.69 Å². The van der Waals surface area contributed by atoms with Gasteiger partial charge in [0.05, 0.1) is 25.3 Å². The lowest BCUT2D eigenvalue weighted by atomic mass is 9.71. The number of rotatable bonds is 7. The molecule has 0 fully saturated rings. The van der Waals surface area contributed by atoms with E-state index < -0.39 is 5.41 Å². The predicted octanol–water partition coefficient (Wildman–Crippen LogP) is 5.04. The molecule has 4 heteroatoms. The topological polar surface area (TPSA) is 47.6 Å². The summed E-state index contributed by atoms with van der Waals surface area (Å²) in [7, 11) is 3.17. The number of ether oxygens (including phenoxy) is 2. The summed E-state index contributed by atoms with van der Waals surface area (Å²) in [5, 5.41) is 3.08. The first kappa shape index (κ1) is 19.5. The summed E-state index contributed by atoms with van der Waals surface area (Å²) >= 11 is 0. The van der Waals surface area contributed by atoms with Crippen LogP contribution in [0.2, 0.25) is 0 Å². The van der Waals surface area contributed by atoms with Gasteiger partial charge in [-0.15, -0.1) is 0 Å². The van der Waals surface area contributed by atoms with Gasteiger partial charge in [-0.05, 0) is 29.7 Å². The molecule has 0 bridgehead atoms. The molecule has 4 nitrogen and oxygen atoms in total.